The Morgan fingerprint density at radius 2 is 2.00 bits per heavy atom. The molecule has 1 aromatic heterocycles. The Bertz CT molecular complexity index is 1000. The molecule has 3 rings (SSSR count). The van der Waals surface area contributed by atoms with E-state index in [9.17, 15) is 9.18 Å². The lowest BCUT2D eigenvalue weighted by molar-refractivity contribution is -0.129. The molecule has 0 bridgehead atoms. The molecular weight excluding hydrogens is 399 g/mol. The number of nitrogens with zero attached hydrogens (tertiary/aromatic N) is 2. The summed E-state index contributed by atoms with van der Waals surface area (Å²) in [5.41, 5.74) is 2.95. The standard InChI is InChI=1S/C20H20ClFN4O3/c21-16-10-13(5-7-17(16)22)25-20-15-11-14(6-8-18(15)23-12-24-20)29-9-3-1-2-4-19(27)26-28/h5-8,10-12,28H,1-4,9H2,(H,26,27)(H,23,24,25). The number of benzene rings is 2. The molecule has 0 fully saturated rings. The molecule has 0 unspecified atom stereocenters. The number of carbonyl (C=O) groups excluding carboxylic acids is 1. The molecule has 0 saturated carbocycles. The Morgan fingerprint density at radius 1 is 1.14 bits per heavy atom. The first-order valence-corrected chi connectivity index (χ1v) is 9.47. The first-order valence-electron chi connectivity index (χ1n) is 9.09. The Balaban J connectivity index is 1.64. The van der Waals surface area contributed by atoms with Crippen molar-refractivity contribution in [2.75, 3.05) is 11.9 Å². The molecular formula is C20H20ClFN4O3. The number of rotatable bonds is 9. The number of unbranched alkanes of at least 4 members (excludes halogenated alkanes) is 2. The van der Waals surface area contributed by atoms with Crippen molar-refractivity contribution in [3.63, 3.8) is 0 Å². The summed E-state index contributed by atoms with van der Waals surface area (Å²) in [7, 11) is 0. The summed E-state index contributed by atoms with van der Waals surface area (Å²) in [4.78, 5) is 19.5. The van der Waals surface area contributed by atoms with E-state index < -0.39 is 5.82 Å². The highest BCUT2D eigenvalue weighted by molar-refractivity contribution is 6.31. The summed E-state index contributed by atoms with van der Waals surface area (Å²) >= 11 is 5.84. The highest BCUT2D eigenvalue weighted by Gasteiger charge is 2.08. The summed E-state index contributed by atoms with van der Waals surface area (Å²) in [5, 5.41) is 12.4. The van der Waals surface area contributed by atoms with Gasteiger partial charge in [-0.2, -0.15) is 0 Å². The summed E-state index contributed by atoms with van der Waals surface area (Å²) in [6.45, 7) is 0.496. The topological polar surface area (TPSA) is 96.4 Å². The highest BCUT2D eigenvalue weighted by atomic mass is 35.5. The second kappa shape index (κ2) is 9.99. The van der Waals surface area contributed by atoms with Gasteiger partial charge in [0.2, 0.25) is 5.91 Å². The number of ether oxygens (including phenoxy) is 1. The largest absolute Gasteiger partial charge is 0.494 e. The predicted molar refractivity (Wildman–Crippen MR) is 108 cm³/mol. The Kier molecular flexibility index (Phi) is 7.15. The zero-order valence-corrected chi connectivity index (χ0v) is 16.2. The van der Waals surface area contributed by atoms with Gasteiger partial charge in [-0.3, -0.25) is 10.0 Å². The number of halogens is 2. The van der Waals surface area contributed by atoms with Gasteiger partial charge in [-0.1, -0.05) is 11.6 Å². The lowest BCUT2D eigenvalue weighted by atomic mass is 10.2. The number of nitrogens with one attached hydrogen (secondary N) is 2. The van der Waals surface area contributed by atoms with E-state index in [0.717, 1.165) is 23.7 Å². The number of hydrogen-bond acceptors (Lipinski definition) is 6. The first kappa shape index (κ1) is 20.8. The normalized spacial score (nSPS) is 10.7. The predicted octanol–water partition coefficient (Wildman–Crippen LogP) is 4.61. The third-order valence-electron chi connectivity index (χ3n) is 4.23. The average molecular weight is 419 g/mol. The maximum Gasteiger partial charge on any atom is 0.243 e. The number of amides is 1. The molecule has 29 heavy (non-hydrogen) atoms. The highest BCUT2D eigenvalue weighted by Crippen LogP contribution is 2.28. The first-order chi connectivity index (χ1) is 14.1. The van der Waals surface area contributed by atoms with Crippen molar-refractivity contribution in [1.29, 1.82) is 0 Å². The van der Waals surface area contributed by atoms with E-state index in [0.29, 0.717) is 30.3 Å². The van der Waals surface area contributed by atoms with Crippen molar-refractivity contribution in [3.05, 3.63) is 53.6 Å². The van der Waals surface area contributed by atoms with E-state index >= 15 is 0 Å². The zero-order valence-electron chi connectivity index (χ0n) is 15.5. The molecule has 1 heterocycles. The Labute approximate surface area is 171 Å². The molecule has 3 aromatic rings. The third kappa shape index (κ3) is 5.75. The fourth-order valence-electron chi connectivity index (χ4n) is 2.75. The molecule has 0 aliphatic carbocycles. The van der Waals surface area contributed by atoms with Crippen molar-refractivity contribution >= 4 is 39.9 Å². The summed E-state index contributed by atoms with van der Waals surface area (Å²) in [5.74, 6) is 0.346. The van der Waals surface area contributed by atoms with Gasteiger partial charge in [0.25, 0.3) is 0 Å². The quantitative estimate of drug-likeness (QED) is 0.267. The van der Waals surface area contributed by atoms with Gasteiger partial charge in [0, 0.05) is 17.5 Å². The fraction of sp³-hybridized carbons (Fsp3) is 0.250. The van der Waals surface area contributed by atoms with Gasteiger partial charge in [-0.15, -0.1) is 0 Å². The van der Waals surface area contributed by atoms with Gasteiger partial charge in [0.15, 0.2) is 0 Å². The molecule has 0 aliphatic rings. The minimum absolute atomic E-state index is 0.0221. The molecule has 0 saturated heterocycles. The van der Waals surface area contributed by atoms with E-state index in [1.807, 2.05) is 18.2 Å². The van der Waals surface area contributed by atoms with Gasteiger partial charge in [0.1, 0.15) is 23.7 Å². The SMILES string of the molecule is O=C(CCCCCOc1ccc2ncnc(Nc3ccc(F)c(Cl)c3)c2c1)NO. The molecule has 0 spiro atoms. The van der Waals surface area contributed by atoms with Gasteiger partial charge in [-0.05, 0) is 55.7 Å². The molecule has 1 amide bonds. The summed E-state index contributed by atoms with van der Waals surface area (Å²) in [6, 6.07) is 9.84. The van der Waals surface area contributed by atoms with Crippen molar-refractivity contribution in [1.82, 2.24) is 15.4 Å². The maximum absolute atomic E-state index is 13.4. The van der Waals surface area contributed by atoms with Crippen LogP contribution < -0.4 is 15.5 Å². The Morgan fingerprint density at radius 3 is 2.79 bits per heavy atom. The molecule has 9 heteroatoms. The van der Waals surface area contributed by atoms with Crippen molar-refractivity contribution < 1.29 is 19.1 Å². The fourth-order valence-corrected chi connectivity index (χ4v) is 2.93. The van der Waals surface area contributed by atoms with Gasteiger partial charge in [0.05, 0.1) is 17.1 Å². The number of aromatic nitrogens is 2. The van der Waals surface area contributed by atoms with Crippen LogP contribution in [0.5, 0.6) is 5.75 Å². The van der Waals surface area contributed by atoms with Crippen molar-refractivity contribution in [3.8, 4) is 5.75 Å². The minimum atomic E-state index is -0.488. The lowest BCUT2D eigenvalue weighted by Crippen LogP contribution is -2.17. The van der Waals surface area contributed by atoms with Crippen LogP contribution in [-0.4, -0.2) is 27.7 Å². The molecule has 3 N–H and O–H groups in total. The molecule has 0 aliphatic heterocycles. The number of hydrogen-bond donors (Lipinski definition) is 3. The summed E-state index contributed by atoms with van der Waals surface area (Å²) in [6.07, 6.45) is 3.99. The molecule has 0 atom stereocenters. The molecule has 7 nitrogen and oxygen atoms in total. The van der Waals surface area contributed by atoms with Crippen molar-refractivity contribution in [2.24, 2.45) is 0 Å². The number of hydroxylamine groups is 1. The smallest absolute Gasteiger partial charge is 0.243 e. The Hall–Kier alpha value is -2.97. The second-order valence-electron chi connectivity index (χ2n) is 6.35. The third-order valence-corrected chi connectivity index (χ3v) is 4.52. The van der Waals surface area contributed by atoms with Crippen LogP contribution in [0.4, 0.5) is 15.9 Å². The van der Waals surface area contributed by atoms with Crippen LogP contribution in [0, 0.1) is 5.82 Å². The number of fused-ring (bicyclic) bond motifs is 1. The molecule has 2 aromatic carbocycles. The van der Waals surface area contributed by atoms with Crippen LogP contribution in [0.1, 0.15) is 25.7 Å². The van der Waals surface area contributed by atoms with Crippen LogP contribution in [0.2, 0.25) is 5.02 Å². The average Bonchev–Trinajstić information content (AvgIpc) is 2.73. The van der Waals surface area contributed by atoms with Gasteiger partial charge < -0.3 is 10.1 Å². The van der Waals surface area contributed by atoms with Crippen LogP contribution >= 0.6 is 11.6 Å². The molecule has 0 radical (unpaired) electrons. The van der Waals surface area contributed by atoms with Crippen LogP contribution in [0.3, 0.4) is 0 Å². The zero-order chi connectivity index (χ0) is 20.6. The van der Waals surface area contributed by atoms with Crippen LogP contribution in [-0.2, 0) is 4.79 Å². The lowest BCUT2D eigenvalue weighted by Gasteiger charge is -2.11. The monoisotopic (exact) mass is 418 g/mol. The van der Waals surface area contributed by atoms with E-state index in [-0.39, 0.29) is 17.4 Å². The van der Waals surface area contributed by atoms with E-state index in [2.05, 4.69) is 15.3 Å². The molecule has 152 valence electrons. The van der Waals surface area contributed by atoms with Crippen molar-refractivity contribution in [2.45, 2.75) is 25.7 Å². The second-order valence-corrected chi connectivity index (χ2v) is 6.76. The van der Waals surface area contributed by atoms with E-state index in [4.69, 9.17) is 21.5 Å². The van der Waals surface area contributed by atoms with Gasteiger partial charge >= 0.3 is 0 Å². The van der Waals surface area contributed by atoms with E-state index in [1.165, 1.54) is 18.5 Å². The van der Waals surface area contributed by atoms with Crippen LogP contribution in [0.15, 0.2) is 42.7 Å². The van der Waals surface area contributed by atoms with E-state index in [1.54, 1.807) is 11.5 Å². The number of anilines is 2. The maximum atomic E-state index is 13.4. The van der Waals surface area contributed by atoms with Crippen LogP contribution in [0.25, 0.3) is 10.9 Å². The number of carbonyl (C=O) groups is 1. The minimum Gasteiger partial charge on any atom is -0.494 e. The van der Waals surface area contributed by atoms with Gasteiger partial charge in [-0.25, -0.2) is 19.8 Å². The summed E-state index contributed by atoms with van der Waals surface area (Å²) < 4.78 is 19.1.